The first kappa shape index (κ1) is 18.1. The van der Waals surface area contributed by atoms with E-state index in [1.165, 1.54) is 11.1 Å². The van der Waals surface area contributed by atoms with Gasteiger partial charge in [0.15, 0.2) is 11.5 Å². The molecule has 3 heterocycles. The van der Waals surface area contributed by atoms with Crippen LogP contribution in [-0.2, 0) is 6.54 Å². The van der Waals surface area contributed by atoms with Crippen molar-refractivity contribution in [2.24, 2.45) is 0 Å². The van der Waals surface area contributed by atoms with Crippen molar-refractivity contribution in [2.75, 3.05) is 33.0 Å². The largest absolute Gasteiger partial charge is 0.454 e. The number of hydrogen-bond acceptors (Lipinski definition) is 4. The number of rotatable bonds is 3. The number of carbonyl (C=O) groups is 1. The highest BCUT2D eigenvalue weighted by molar-refractivity contribution is 6.01. The number of aromatic amines is 1. The van der Waals surface area contributed by atoms with Crippen molar-refractivity contribution < 1.29 is 14.3 Å². The lowest BCUT2D eigenvalue weighted by Crippen LogP contribution is -2.48. The number of hydrogen-bond donors (Lipinski definition) is 1. The zero-order chi connectivity index (χ0) is 20.0. The number of aromatic nitrogens is 1. The molecule has 0 aliphatic carbocycles. The number of nitrogens with one attached hydrogen (secondary N) is 1. The van der Waals surface area contributed by atoms with Gasteiger partial charge in [-0.15, -0.1) is 0 Å². The van der Waals surface area contributed by atoms with Gasteiger partial charge in [0.25, 0.3) is 5.91 Å². The summed E-state index contributed by atoms with van der Waals surface area (Å²) in [7, 11) is 0. The third kappa shape index (κ3) is 3.34. The lowest BCUT2D eigenvalue weighted by Gasteiger charge is -2.34. The zero-order valence-corrected chi connectivity index (χ0v) is 16.8. The van der Waals surface area contributed by atoms with E-state index in [2.05, 4.69) is 47.1 Å². The molecule has 2 aliphatic rings. The summed E-state index contributed by atoms with van der Waals surface area (Å²) in [5, 5.41) is 1.13. The predicted octanol–water partition coefficient (Wildman–Crippen LogP) is 3.47. The van der Waals surface area contributed by atoms with Crippen molar-refractivity contribution in [1.82, 2.24) is 14.8 Å². The fourth-order valence-corrected chi connectivity index (χ4v) is 4.23. The average molecular weight is 391 g/mol. The summed E-state index contributed by atoms with van der Waals surface area (Å²) in [6, 6.07) is 12.4. The summed E-state index contributed by atoms with van der Waals surface area (Å²) in [6.45, 7) is 8.43. The number of fused-ring (bicyclic) bond motifs is 2. The Morgan fingerprint density at radius 2 is 1.79 bits per heavy atom. The van der Waals surface area contributed by atoms with Gasteiger partial charge < -0.3 is 19.4 Å². The Morgan fingerprint density at radius 3 is 2.62 bits per heavy atom. The van der Waals surface area contributed by atoms with Crippen LogP contribution in [0.2, 0.25) is 0 Å². The number of ether oxygens (including phenoxy) is 2. The van der Waals surface area contributed by atoms with Gasteiger partial charge in [-0.3, -0.25) is 9.69 Å². The van der Waals surface area contributed by atoms with Crippen LogP contribution in [0.4, 0.5) is 0 Å². The van der Waals surface area contributed by atoms with Crippen molar-refractivity contribution >= 4 is 16.8 Å². The molecule has 1 aromatic heterocycles. The number of aryl methyl sites for hydroxylation is 2. The minimum Gasteiger partial charge on any atom is -0.454 e. The third-order valence-corrected chi connectivity index (χ3v) is 5.93. The Labute approximate surface area is 170 Å². The first-order chi connectivity index (χ1) is 14.1. The van der Waals surface area contributed by atoms with Gasteiger partial charge in [-0.2, -0.15) is 0 Å². The molecule has 0 saturated carbocycles. The summed E-state index contributed by atoms with van der Waals surface area (Å²) in [5.41, 5.74) is 5.18. The second kappa shape index (κ2) is 7.12. The summed E-state index contributed by atoms with van der Waals surface area (Å²) in [6.07, 6.45) is 0. The van der Waals surface area contributed by atoms with Gasteiger partial charge in [-0.1, -0.05) is 18.2 Å². The molecule has 1 amide bonds. The van der Waals surface area contributed by atoms with E-state index in [0.29, 0.717) is 6.79 Å². The van der Waals surface area contributed by atoms with E-state index < -0.39 is 0 Å². The number of benzene rings is 2. The van der Waals surface area contributed by atoms with Crippen LogP contribution in [-0.4, -0.2) is 53.7 Å². The predicted molar refractivity (Wildman–Crippen MR) is 112 cm³/mol. The standard InChI is InChI=1S/C23H25N3O3/c1-15-3-5-18-16(2)22(24-19(18)11-15)23(27)26-9-7-25(8-10-26)13-17-4-6-20-21(12-17)29-14-28-20/h3-6,11-12,24H,7-10,13-14H2,1-2H3. The second-order valence-corrected chi connectivity index (χ2v) is 7.93. The molecule has 2 aliphatic heterocycles. The summed E-state index contributed by atoms with van der Waals surface area (Å²) >= 11 is 0. The summed E-state index contributed by atoms with van der Waals surface area (Å²) < 4.78 is 10.9. The SMILES string of the molecule is Cc1ccc2c(C)c(C(=O)N3CCN(Cc4ccc5c(c4)OCO5)CC3)[nH]c2c1. The van der Waals surface area contributed by atoms with Gasteiger partial charge >= 0.3 is 0 Å². The van der Waals surface area contributed by atoms with E-state index in [1.807, 2.05) is 17.9 Å². The monoisotopic (exact) mass is 391 g/mol. The van der Waals surface area contributed by atoms with E-state index in [0.717, 1.165) is 66.4 Å². The van der Waals surface area contributed by atoms with E-state index in [1.54, 1.807) is 0 Å². The Hall–Kier alpha value is -2.99. The molecule has 3 aromatic rings. The molecule has 5 rings (SSSR count). The molecule has 6 nitrogen and oxygen atoms in total. The average Bonchev–Trinajstić information content (AvgIpc) is 3.32. The van der Waals surface area contributed by atoms with Crippen LogP contribution < -0.4 is 9.47 Å². The molecular formula is C23H25N3O3. The Bertz CT molecular complexity index is 1080. The Morgan fingerprint density at radius 1 is 1.00 bits per heavy atom. The number of carbonyl (C=O) groups excluding carboxylic acids is 1. The first-order valence-electron chi connectivity index (χ1n) is 10.1. The molecule has 0 radical (unpaired) electrons. The maximum atomic E-state index is 13.1. The maximum Gasteiger partial charge on any atom is 0.270 e. The molecule has 1 fully saturated rings. The van der Waals surface area contributed by atoms with Crippen LogP contribution in [0.3, 0.4) is 0 Å². The molecule has 0 unspecified atom stereocenters. The van der Waals surface area contributed by atoms with Gasteiger partial charge in [0.1, 0.15) is 5.69 Å². The third-order valence-electron chi connectivity index (χ3n) is 5.93. The smallest absolute Gasteiger partial charge is 0.270 e. The van der Waals surface area contributed by atoms with Crippen molar-refractivity contribution in [3.63, 3.8) is 0 Å². The molecular weight excluding hydrogens is 366 g/mol. The Kier molecular flexibility index (Phi) is 4.43. The van der Waals surface area contributed by atoms with Crippen LogP contribution in [0, 0.1) is 13.8 Å². The fraction of sp³-hybridized carbons (Fsp3) is 0.348. The first-order valence-corrected chi connectivity index (χ1v) is 10.1. The second-order valence-electron chi connectivity index (χ2n) is 7.93. The number of nitrogens with zero attached hydrogens (tertiary/aromatic N) is 2. The topological polar surface area (TPSA) is 57.8 Å². The molecule has 0 spiro atoms. The number of piperazine rings is 1. The van der Waals surface area contributed by atoms with E-state index in [4.69, 9.17) is 9.47 Å². The molecule has 0 bridgehead atoms. The number of H-pyrrole nitrogens is 1. The van der Waals surface area contributed by atoms with E-state index in [-0.39, 0.29) is 5.91 Å². The van der Waals surface area contributed by atoms with Gasteiger partial charge in [0.2, 0.25) is 6.79 Å². The quantitative estimate of drug-likeness (QED) is 0.743. The van der Waals surface area contributed by atoms with Gasteiger partial charge in [0.05, 0.1) is 0 Å². The molecule has 150 valence electrons. The van der Waals surface area contributed by atoms with E-state index >= 15 is 0 Å². The minimum atomic E-state index is 0.0964. The number of amides is 1. The van der Waals surface area contributed by atoms with Crippen LogP contribution in [0.25, 0.3) is 10.9 Å². The van der Waals surface area contributed by atoms with Crippen LogP contribution >= 0.6 is 0 Å². The highest BCUT2D eigenvalue weighted by Gasteiger charge is 2.25. The van der Waals surface area contributed by atoms with Crippen LogP contribution in [0.15, 0.2) is 36.4 Å². The Balaban J connectivity index is 1.25. The minimum absolute atomic E-state index is 0.0964. The maximum absolute atomic E-state index is 13.1. The van der Waals surface area contributed by atoms with Crippen LogP contribution in [0.5, 0.6) is 11.5 Å². The molecule has 0 atom stereocenters. The fourth-order valence-electron chi connectivity index (χ4n) is 4.23. The normalized spacial score (nSPS) is 16.6. The lowest BCUT2D eigenvalue weighted by atomic mass is 10.1. The van der Waals surface area contributed by atoms with Gasteiger partial charge in [-0.05, 0) is 48.7 Å². The van der Waals surface area contributed by atoms with E-state index in [9.17, 15) is 4.79 Å². The molecule has 2 aromatic carbocycles. The van der Waals surface area contributed by atoms with Crippen LogP contribution in [0.1, 0.15) is 27.2 Å². The van der Waals surface area contributed by atoms with Crippen molar-refractivity contribution in [3.05, 3.63) is 58.8 Å². The summed E-state index contributed by atoms with van der Waals surface area (Å²) in [5.74, 6) is 1.73. The zero-order valence-electron chi connectivity index (χ0n) is 16.8. The summed E-state index contributed by atoms with van der Waals surface area (Å²) in [4.78, 5) is 20.8. The highest BCUT2D eigenvalue weighted by atomic mass is 16.7. The van der Waals surface area contributed by atoms with Gasteiger partial charge in [-0.25, -0.2) is 0 Å². The molecule has 6 heteroatoms. The van der Waals surface area contributed by atoms with Crippen molar-refractivity contribution in [2.45, 2.75) is 20.4 Å². The highest BCUT2D eigenvalue weighted by Crippen LogP contribution is 2.33. The lowest BCUT2D eigenvalue weighted by molar-refractivity contribution is 0.0623. The molecule has 29 heavy (non-hydrogen) atoms. The van der Waals surface area contributed by atoms with Crippen molar-refractivity contribution in [3.8, 4) is 11.5 Å². The van der Waals surface area contributed by atoms with Crippen molar-refractivity contribution in [1.29, 1.82) is 0 Å². The molecule has 1 N–H and O–H groups in total. The molecule has 1 saturated heterocycles. The van der Waals surface area contributed by atoms with Gasteiger partial charge in [0, 0.05) is 43.6 Å².